The summed E-state index contributed by atoms with van der Waals surface area (Å²) in [5.74, 6) is -0.177. The second kappa shape index (κ2) is 14.7. The zero-order valence-electron chi connectivity index (χ0n) is 19.2. The van der Waals surface area contributed by atoms with Crippen LogP contribution < -0.4 is 16.0 Å². The van der Waals surface area contributed by atoms with Crippen molar-refractivity contribution in [1.82, 2.24) is 16.0 Å². The molecule has 0 aromatic heterocycles. The molecule has 2 aromatic rings. The molecule has 0 radical (unpaired) electrons. The smallest absolute Gasteiger partial charge is 0.328 e. The average Bonchev–Trinajstić information content (AvgIpc) is 2.82. The average molecular weight is 555 g/mol. The van der Waals surface area contributed by atoms with E-state index in [0.717, 1.165) is 0 Å². The summed E-state index contributed by atoms with van der Waals surface area (Å²) >= 11 is 18.5. The number of hydrogen-bond acceptors (Lipinski definition) is 5. The van der Waals surface area contributed by atoms with Crippen molar-refractivity contribution in [2.45, 2.75) is 31.4 Å². The standard InChI is InChI=1S/C25H26Cl3N3O5/c1-2-3-9-29-14-22(33)30-13-20(25(35)36)31-24(34)23-18(27)10-15(11-19(23)28)7-8-21(32)16-5-4-6-17(26)12-16/h1,4-6,10-12,20-21,29,32H,3,7-9,13-14H2,(H,30,33)(H,31,34)(H,35,36)/t20-,21?/m0/s1. The van der Waals surface area contributed by atoms with Gasteiger partial charge in [-0.15, -0.1) is 12.3 Å². The van der Waals surface area contributed by atoms with Gasteiger partial charge in [-0.25, -0.2) is 4.79 Å². The van der Waals surface area contributed by atoms with Crippen molar-refractivity contribution < 1.29 is 24.6 Å². The predicted octanol–water partition coefficient (Wildman–Crippen LogP) is 3.23. The van der Waals surface area contributed by atoms with Crippen LogP contribution in [0.25, 0.3) is 0 Å². The molecule has 0 spiro atoms. The molecule has 36 heavy (non-hydrogen) atoms. The molecule has 0 fully saturated rings. The third-order valence-electron chi connectivity index (χ3n) is 5.11. The molecule has 2 aromatic carbocycles. The van der Waals surface area contributed by atoms with Crippen molar-refractivity contribution in [3.8, 4) is 12.3 Å². The van der Waals surface area contributed by atoms with E-state index < -0.39 is 29.9 Å². The molecule has 0 aliphatic carbocycles. The molecule has 0 heterocycles. The predicted molar refractivity (Wildman–Crippen MR) is 139 cm³/mol. The van der Waals surface area contributed by atoms with E-state index in [2.05, 4.69) is 21.9 Å². The number of carbonyl (C=O) groups excluding carboxylic acids is 2. The van der Waals surface area contributed by atoms with Gasteiger partial charge in [0.2, 0.25) is 5.91 Å². The van der Waals surface area contributed by atoms with Gasteiger partial charge in [0.05, 0.1) is 28.3 Å². The van der Waals surface area contributed by atoms with Crippen LogP contribution in [0.15, 0.2) is 36.4 Å². The fourth-order valence-corrected chi connectivity index (χ4v) is 4.14. The Morgan fingerprint density at radius 3 is 2.39 bits per heavy atom. The number of benzene rings is 2. The Morgan fingerprint density at radius 1 is 1.08 bits per heavy atom. The van der Waals surface area contributed by atoms with E-state index in [4.69, 9.17) is 41.2 Å². The molecule has 2 atom stereocenters. The number of rotatable bonds is 13. The van der Waals surface area contributed by atoms with Crippen molar-refractivity contribution in [3.63, 3.8) is 0 Å². The molecule has 1 unspecified atom stereocenters. The molecule has 0 saturated carbocycles. The van der Waals surface area contributed by atoms with Gasteiger partial charge in [-0.05, 0) is 48.2 Å². The monoisotopic (exact) mass is 553 g/mol. The van der Waals surface area contributed by atoms with E-state index in [1.165, 1.54) is 12.1 Å². The van der Waals surface area contributed by atoms with Crippen LogP contribution >= 0.6 is 34.8 Å². The number of aryl methyl sites for hydroxylation is 1. The minimum Gasteiger partial charge on any atom is -0.480 e. The molecule has 5 N–H and O–H groups in total. The van der Waals surface area contributed by atoms with E-state index in [-0.39, 0.29) is 28.7 Å². The highest BCUT2D eigenvalue weighted by Gasteiger charge is 2.24. The first-order valence-electron chi connectivity index (χ1n) is 11.0. The summed E-state index contributed by atoms with van der Waals surface area (Å²) in [4.78, 5) is 36.2. The minimum atomic E-state index is -1.41. The normalized spacial score (nSPS) is 12.3. The van der Waals surface area contributed by atoms with E-state index in [1.807, 2.05) is 0 Å². The molecular weight excluding hydrogens is 529 g/mol. The van der Waals surface area contributed by atoms with Gasteiger partial charge in [-0.3, -0.25) is 9.59 Å². The maximum absolute atomic E-state index is 12.7. The Balaban J connectivity index is 1.98. The molecule has 0 aliphatic rings. The van der Waals surface area contributed by atoms with Crippen LogP contribution in [-0.4, -0.2) is 53.7 Å². The van der Waals surface area contributed by atoms with Gasteiger partial charge in [0.25, 0.3) is 5.91 Å². The molecule has 192 valence electrons. The first-order chi connectivity index (χ1) is 17.1. The summed E-state index contributed by atoms with van der Waals surface area (Å²) in [5.41, 5.74) is 1.26. The van der Waals surface area contributed by atoms with Crippen molar-refractivity contribution in [1.29, 1.82) is 0 Å². The molecule has 0 aliphatic heterocycles. The van der Waals surface area contributed by atoms with Gasteiger partial charge >= 0.3 is 5.97 Å². The summed E-state index contributed by atoms with van der Waals surface area (Å²) in [6, 6.07) is 8.56. The first-order valence-corrected chi connectivity index (χ1v) is 12.1. The van der Waals surface area contributed by atoms with Crippen LogP contribution in [0.1, 0.15) is 40.4 Å². The lowest BCUT2D eigenvalue weighted by Gasteiger charge is -2.17. The van der Waals surface area contributed by atoms with Crippen molar-refractivity contribution in [3.05, 3.63) is 68.2 Å². The SMILES string of the molecule is C#CCCNCC(=O)NC[C@H](NC(=O)c1c(Cl)cc(CCC(O)c2cccc(Cl)c2)cc1Cl)C(=O)O. The number of terminal acetylenes is 1. The summed E-state index contributed by atoms with van der Waals surface area (Å²) in [7, 11) is 0. The molecule has 0 saturated heterocycles. The number of carboxylic acid groups (broad SMARTS) is 1. The van der Waals surface area contributed by atoms with Crippen molar-refractivity contribution in [2.24, 2.45) is 0 Å². The van der Waals surface area contributed by atoms with Crippen LogP contribution in [0.2, 0.25) is 15.1 Å². The Bertz CT molecular complexity index is 1110. The first kappa shape index (κ1) is 29.4. The lowest BCUT2D eigenvalue weighted by atomic mass is 10.0. The fraction of sp³-hybridized carbons (Fsp3) is 0.320. The lowest BCUT2D eigenvalue weighted by molar-refractivity contribution is -0.139. The maximum Gasteiger partial charge on any atom is 0.328 e. The number of nitrogens with one attached hydrogen (secondary N) is 3. The van der Waals surface area contributed by atoms with Gasteiger partial charge in [0, 0.05) is 24.5 Å². The number of aliphatic hydroxyl groups excluding tert-OH is 1. The van der Waals surface area contributed by atoms with E-state index in [0.29, 0.717) is 42.0 Å². The van der Waals surface area contributed by atoms with Gasteiger partial charge < -0.3 is 26.2 Å². The van der Waals surface area contributed by atoms with Gasteiger partial charge in [0.15, 0.2) is 0 Å². The van der Waals surface area contributed by atoms with Crippen LogP contribution in [0, 0.1) is 12.3 Å². The van der Waals surface area contributed by atoms with Crippen LogP contribution in [-0.2, 0) is 16.0 Å². The number of aliphatic hydroxyl groups is 1. The number of aliphatic carboxylic acids is 1. The number of carbonyl (C=O) groups is 3. The van der Waals surface area contributed by atoms with Crippen molar-refractivity contribution in [2.75, 3.05) is 19.6 Å². The van der Waals surface area contributed by atoms with Crippen molar-refractivity contribution >= 4 is 52.6 Å². The molecule has 0 bridgehead atoms. The molecule has 8 nitrogen and oxygen atoms in total. The van der Waals surface area contributed by atoms with E-state index in [1.54, 1.807) is 24.3 Å². The Labute approximate surface area is 224 Å². The zero-order valence-corrected chi connectivity index (χ0v) is 21.5. The maximum atomic E-state index is 12.7. The van der Waals surface area contributed by atoms with Gasteiger partial charge in [-0.1, -0.05) is 46.9 Å². The lowest BCUT2D eigenvalue weighted by Crippen LogP contribution is -2.49. The molecule has 2 rings (SSSR count). The second-order valence-corrected chi connectivity index (χ2v) is 9.09. The Morgan fingerprint density at radius 2 is 1.78 bits per heavy atom. The highest BCUT2D eigenvalue weighted by molar-refractivity contribution is 6.39. The number of amides is 2. The molecular formula is C25H26Cl3N3O5. The van der Waals surface area contributed by atoms with Gasteiger partial charge in [-0.2, -0.15) is 0 Å². The minimum absolute atomic E-state index is 0.0260. The zero-order chi connectivity index (χ0) is 26.7. The van der Waals surface area contributed by atoms with Crippen LogP contribution in [0.5, 0.6) is 0 Å². The third-order valence-corrected chi connectivity index (χ3v) is 5.94. The highest BCUT2D eigenvalue weighted by atomic mass is 35.5. The Hall–Kier alpha value is -2.80. The number of hydrogen-bond donors (Lipinski definition) is 5. The highest BCUT2D eigenvalue weighted by Crippen LogP contribution is 2.29. The van der Waals surface area contributed by atoms with E-state index in [9.17, 15) is 24.6 Å². The summed E-state index contributed by atoms with van der Waals surface area (Å²) in [6.07, 6.45) is 5.58. The second-order valence-electron chi connectivity index (χ2n) is 7.84. The summed E-state index contributed by atoms with van der Waals surface area (Å²) < 4.78 is 0. The summed E-state index contributed by atoms with van der Waals surface area (Å²) in [6.45, 7) is 0.0497. The number of carboxylic acids is 1. The fourth-order valence-electron chi connectivity index (χ4n) is 3.24. The van der Waals surface area contributed by atoms with Crippen LogP contribution in [0.3, 0.4) is 0 Å². The number of halogens is 3. The molecule has 11 heteroatoms. The quantitative estimate of drug-likeness (QED) is 0.191. The van der Waals surface area contributed by atoms with Crippen LogP contribution in [0.4, 0.5) is 0 Å². The summed E-state index contributed by atoms with van der Waals surface area (Å²) in [5, 5.41) is 28.0. The van der Waals surface area contributed by atoms with Gasteiger partial charge in [0.1, 0.15) is 6.04 Å². The Kier molecular flexibility index (Phi) is 12.0. The molecule has 2 amide bonds. The topological polar surface area (TPSA) is 128 Å². The third kappa shape index (κ3) is 9.34. The largest absolute Gasteiger partial charge is 0.480 e. The van der Waals surface area contributed by atoms with E-state index >= 15 is 0 Å².